The third-order valence-corrected chi connectivity index (χ3v) is 5.42. The number of hydrogen-bond acceptors (Lipinski definition) is 9. The molecule has 3 rings (SSSR count). The number of rotatable bonds is 8. The minimum atomic E-state index is -1.02. The molecule has 1 aromatic heterocycles. The molecule has 0 unspecified atom stereocenters. The molecule has 2 heterocycles. The van der Waals surface area contributed by atoms with Crippen LogP contribution in [0.5, 0.6) is 17.2 Å². The standard InChI is InChI=1S/C25H32N2O8/c1-4-13-33-23-16(2)34-25(30)18(27-24(29)21-22(28)19(31-3)10-12-26-21)11-14-32-15-20(23)35-17-8-6-5-7-9-17/h5-10,12,16,18,20,23,28H,4,11,13-15H2,1-3H3,(H,27,29)/t16-,18-,20-,23-/m0/s1. The van der Waals surface area contributed by atoms with Crippen molar-refractivity contribution in [3.05, 3.63) is 48.3 Å². The maximum atomic E-state index is 13.0. The van der Waals surface area contributed by atoms with Gasteiger partial charge in [0, 0.05) is 31.9 Å². The molecule has 1 aliphatic heterocycles. The van der Waals surface area contributed by atoms with Crippen molar-refractivity contribution < 1.29 is 38.4 Å². The van der Waals surface area contributed by atoms with Crippen LogP contribution in [0, 0.1) is 0 Å². The lowest BCUT2D eigenvalue weighted by Crippen LogP contribution is -2.50. The van der Waals surface area contributed by atoms with E-state index in [-0.39, 0.29) is 31.1 Å². The Morgan fingerprint density at radius 3 is 2.74 bits per heavy atom. The third-order valence-electron chi connectivity index (χ3n) is 5.42. The number of methoxy groups -OCH3 is 1. The smallest absolute Gasteiger partial charge is 0.329 e. The highest BCUT2D eigenvalue weighted by Gasteiger charge is 2.36. The normalized spacial score (nSPS) is 23.1. The Kier molecular flexibility index (Phi) is 9.68. The number of aromatic nitrogens is 1. The van der Waals surface area contributed by atoms with E-state index in [0.717, 1.165) is 6.42 Å². The monoisotopic (exact) mass is 488 g/mol. The number of hydrogen-bond donors (Lipinski definition) is 2. The van der Waals surface area contributed by atoms with Gasteiger partial charge >= 0.3 is 5.97 Å². The fraction of sp³-hybridized carbons (Fsp3) is 0.480. The van der Waals surface area contributed by atoms with E-state index in [9.17, 15) is 14.7 Å². The van der Waals surface area contributed by atoms with E-state index in [1.54, 1.807) is 6.92 Å². The van der Waals surface area contributed by atoms with Gasteiger partial charge in [0.05, 0.1) is 13.7 Å². The van der Waals surface area contributed by atoms with Crippen molar-refractivity contribution in [3.63, 3.8) is 0 Å². The van der Waals surface area contributed by atoms with Crippen LogP contribution in [0.25, 0.3) is 0 Å². The van der Waals surface area contributed by atoms with Crippen molar-refractivity contribution in [1.82, 2.24) is 10.3 Å². The average Bonchev–Trinajstić information content (AvgIpc) is 2.85. The van der Waals surface area contributed by atoms with Crippen LogP contribution in [0.3, 0.4) is 0 Å². The number of nitrogens with one attached hydrogen (secondary N) is 1. The number of esters is 1. The van der Waals surface area contributed by atoms with E-state index < -0.39 is 42.0 Å². The van der Waals surface area contributed by atoms with E-state index in [1.807, 2.05) is 37.3 Å². The molecule has 0 spiro atoms. The number of carbonyl (C=O) groups excluding carboxylic acids is 2. The quantitative estimate of drug-likeness (QED) is 0.539. The molecule has 0 aliphatic carbocycles. The highest BCUT2D eigenvalue weighted by molar-refractivity contribution is 5.97. The number of nitrogens with zero attached hydrogens (tertiary/aromatic N) is 1. The van der Waals surface area contributed by atoms with Crippen LogP contribution in [0.15, 0.2) is 42.6 Å². The number of cyclic esters (lactones) is 1. The fourth-order valence-corrected chi connectivity index (χ4v) is 3.64. The first kappa shape index (κ1) is 26.2. The summed E-state index contributed by atoms with van der Waals surface area (Å²) < 4.78 is 28.7. The van der Waals surface area contributed by atoms with E-state index in [4.69, 9.17) is 23.7 Å². The lowest BCUT2D eigenvalue weighted by Gasteiger charge is -2.33. The van der Waals surface area contributed by atoms with Crippen LogP contribution < -0.4 is 14.8 Å². The molecule has 190 valence electrons. The van der Waals surface area contributed by atoms with Crippen LogP contribution >= 0.6 is 0 Å². The van der Waals surface area contributed by atoms with Crippen molar-refractivity contribution in [2.45, 2.75) is 51.0 Å². The summed E-state index contributed by atoms with van der Waals surface area (Å²) in [5, 5.41) is 12.8. The van der Waals surface area contributed by atoms with Crippen molar-refractivity contribution in [1.29, 1.82) is 0 Å². The maximum absolute atomic E-state index is 13.0. The number of amides is 1. The fourth-order valence-electron chi connectivity index (χ4n) is 3.64. The molecule has 1 aliphatic rings. The molecule has 2 aromatic rings. The summed E-state index contributed by atoms with van der Waals surface area (Å²) in [4.78, 5) is 29.7. The van der Waals surface area contributed by atoms with Crippen molar-refractivity contribution >= 4 is 11.9 Å². The first-order chi connectivity index (χ1) is 16.9. The molecular weight excluding hydrogens is 456 g/mol. The second kappa shape index (κ2) is 12.9. The molecule has 1 aromatic carbocycles. The molecule has 1 fully saturated rings. The Hall–Kier alpha value is -3.37. The number of benzene rings is 1. The molecule has 0 radical (unpaired) electrons. The van der Waals surface area contributed by atoms with Crippen LogP contribution in [-0.2, 0) is 19.0 Å². The Bertz CT molecular complexity index is 971. The number of pyridine rings is 1. The average molecular weight is 489 g/mol. The second-order valence-corrected chi connectivity index (χ2v) is 8.05. The first-order valence-electron chi connectivity index (χ1n) is 11.6. The number of para-hydroxylation sites is 1. The van der Waals surface area contributed by atoms with Gasteiger partial charge in [-0.1, -0.05) is 25.1 Å². The summed E-state index contributed by atoms with van der Waals surface area (Å²) in [6.07, 6.45) is 0.444. The molecular formula is C25H32N2O8. The first-order valence-corrected chi connectivity index (χ1v) is 11.6. The van der Waals surface area contributed by atoms with Crippen LogP contribution in [0.1, 0.15) is 37.2 Å². The molecule has 1 amide bonds. The lowest BCUT2D eigenvalue weighted by atomic mass is 10.1. The Morgan fingerprint density at radius 2 is 2.03 bits per heavy atom. The van der Waals surface area contributed by atoms with E-state index in [2.05, 4.69) is 10.3 Å². The maximum Gasteiger partial charge on any atom is 0.329 e. The molecule has 10 heteroatoms. The van der Waals surface area contributed by atoms with E-state index >= 15 is 0 Å². The summed E-state index contributed by atoms with van der Waals surface area (Å²) >= 11 is 0. The van der Waals surface area contributed by atoms with Crippen molar-refractivity contribution in [2.75, 3.05) is 26.9 Å². The minimum absolute atomic E-state index is 0.0935. The van der Waals surface area contributed by atoms with Crippen LogP contribution in [0.2, 0.25) is 0 Å². The Morgan fingerprint density at radius 1 is 1.26 bits per heavy atom. The van der Waals surface area contributed by atoms with Gasteiger partial charge in [0.25, 0.3) is 5.91 Å². The summed E-state index contributed by atoms with van der Waals surface area (Å²) in [6, 6.07) is 9.69. The zero-order valence-corrected chi connectivity index (χ0v) is 20.1. The highest BCUT2D eigenvalue weighted by atomic mass is 16.6. The molecule has 1 saturated heterocycles. The van der Waals surface area contributed by atoms with Crippen LogP contribution in [0.4, 0.5) is 0 Å². The van der Waals surface area contributed by atoms with Crippen molar-refractivity contribution in [3.8, 4) is 17.2 Å². The number of carbonyl (C=O) groups is 2. The summed E-state index contributed by atoms with van der Waals surface area (Å²) in [5.74, 6) is -1.06. The molecule has 35 heavy (non-hydrogen) atoms. The predicted octanol–water partition coefficient (Wildman–Crippen LogP) is 2.49. The van der Waals surface area contributed by atoms with Crippen molar-refractivity contribution in [2.24, 2.45) is 0 Å². The third kappa shape index (κ3) is 7.06. The zero-order chi connectivity index (χ0) is 25.2. The van der Waals surface area contributed by atoms with Gasteiger partial charge in [-0.05, 0) is 25.5 Å². The van der Waals surface area contributed by atoms with Gasteiger partial charge < -0.3 is 34.1 Å². The second-order valence-electron chi connectivity index (χ2n) is 8.05. The SMILES string of the molecule is CCCO[C@H]1[C@H](C)OC(=O)[C@@H](NC(=O)c2nccc(OC)c2O)CCOC[C@@H]1Oc1ccccc1. The molecule has 10 nitrogen and oxygen atoms in total. The molecule has 4 atom stereocenters. The van der Waals surface area contributed by atoms with Gasteiger partial charge in [0.2, 0.25) is 0 Å². The molecule has 0 bridgehead atoms. The zero-order valence-electron chi connectivity index (χ0n) is 20.1. The van der Waals surface area contributed by atoms with E-state index in [1.165, 1.54) is 19.4 Å². The van der Waals surface area contributed by atoms with Gasteiger partial charge in [-0.15, -0.1) is 0 Å². The molecule has 0 saturated carbocycles. The van der Waals surface area contributed by atoms with Gasteiger partial charge in [-0.25, -0.2) is 9.78 Å². The highest BCUT2D eigenvalue weighted by Crippen LogP contribution is 2.27. The largest absolute Gasteiger partial charge is 0.503 e. The summed E-state index contributed by atoms with van der Waals surface area (Å²) in [7, 11) is 1.36. The molecule has 2 N–H and O–H groups in total. The van der Waals surface area contributed by atoms with Gasteiger partial charge in [-0.3, -0.25) is 4.79 Å². The number of aromatic hydroxyl groups is 1. The number of ether oxygens (including phenoxy) is 5. The van der Waals surface area contributed by atoms with Gasteiger partial charge in [0.1, 0.15) is 24.0 Å². The Balaban J connectivity index is 1.75. The Labute approximate surface area is 204 Å². The summed E-state index contributed by atoms with van der Waals surface area (Å²) in [5.41, 5.74) is -0.260. The van der Waals surface area contributed by atoms with Gasteiger partial charge in [-0.2, -0.15) is 0 Å². The van der Waals surface area contributed by atoms with Crippen LogP contribution in [-0.4, -0.2) is 73.3 Å². The topological polar surface area (TPSA) is 125 Å². The lowest BCUT2D eigenvalue weighted by molar-refractivity contribution is -0.170. The van der Waals surface area contributed by atoms with E-state index in [0.29, 0.717) is 12.4 Å². The van der Waals surface area contributed by atoms with Gasteiger partial charge in [0.15, 0.2) is 23.3 Å². The summed E-state index contributed by atoms with van der Waals surface area (Å²) in [6.45, 7) is 4.50. The predicted molar refractivity (Wildman–Crippen MR) is 126 cm³/mol. The minimum Gasteiger partial charge on any atom is -0.503 e.